The monoisotopic (exact) mass is 358 g/mol. The summed E-state index contributed by atoms with van der Waals surface area (Å²) in [6.45, 7) is 5.39. The van der Waals surface area contributed by atoms with Crippen LogP contribution >= 0.6 is 0 Å². The number of hydrogen-bond donors (Lipinski definition) is 1. The first-order chi connectivity index (χ1) is 12.4. The van der Waals surface area contributed by atoms with Crippen LogP contribution in [0.25, 0.3) is 0 Å². The molecule has 26 heavy (non-hydrogen) atoms. The zero-order valence-corrected chi connectivity index (χ0v) is 15.5. The Bertz CT molecular complexity index is 833. The van der Waals surface area contributed by atoms with E-state index in [1.807, 2.05) is 6.92 Å². The number of nitrogens with zero attached hydrogens (tertiary/aromatic N) is 1. The minimum absolute atomic E-state index is 0.0303. The van der Waals surface area contributed by atoms with E-state index in [2.05, 4.69) is 6.07 Å². The molecule has 1 aliphatic heterocycles. The summed E-state index contributed by atoms with van der Waals surface area (Å²) in [7, 11) is 3.06. The Morgan fingerprint density at radius 2 is 1.88 bits per heavy atom. The maximum absolute atomic E-state index is 12.6. The highest BCUT2D eigenvalue weighted by atomic mass is 16.5. The Morgan fingerprint density at radius 3 is 2.42 bits per heavy atom. The molecule has 0 saturated heterocycles. The van der Waals surface area contributed by atoms with E-state index in [0.29, 0.717) is 22.8 Å². The maximum Gasteiger partial charge on any atom is 0.338 e. The number of hydrogen-bond acceptors (Lipinski definition) is 7. The number of carbonyl (C=O) groups is 1. The molecule has 1 aromatic rings. The molecular formula is C19H22N2O5. The lowest BCUT2D eigenvalue weighted by molar-refractivity contribution is -0.139. The number of ether oxygens (including phenoxy) is 4. The molecule has 0 aromatic heterocycles. The molecule has 2 rings (SSSR count). The fourth-order valence-electron chi connectivity index (χ4n) is 2.97. The third-order valence-corrected chi connectivity index (χ3v) is 4.18. The molecule has 0 saturated carbocycles. The summed E-state index contributed by atoms with van der Waals surface area (Å²) in [4.78, 5) is 12.6. The Kier molecular flexibility index (Phi) is 5.78. The van der Waals surface area contributed by atoms with Crippen molar-refractivity contribution >= 4 is 5.97 Å². The van der Waals surface area contributed by atoms with Crippen LogP contribution in [0.5, 0.6) is 11.5 Å². The highest BCUT2D eigenvalue weighted by molar-refractivity contribution is 5.92. The molecule has 138 valence electrons. The third-order valence-electron chi connectivity index (χ3n) is 4.18. The molecule has 2 N–H and O–H groups in total. The van der Waals surface area contributed by atoms with Gasteiger partial charge in [-0.2, -0.15) is 5.26 Å². The zero-order valence-electron chi connectivity index (χ0n) is 15.5. The standard InChI is InChI=1S/C19H22N2O5/c1-6-25-19(22)16-11(3)26-18(21)13(9-20)17(16)12-8-15(24-5)14(23-4)7-10(12)2/h7-8,17H,6,21H2,1-5H3. The van der Waals surface area contributed by atoms with Crippen molar-refractivity contribution in [1.29, 1.82) is 5.26 Å². The summed E-state index contributed by atoms with van der Waals surface area (Å²) in [5.41, 5.74) is 7.80. The molecule has 0 radical (unpaired) electrons. The van der Waals surface area contributed by atoms with Crippen LogP contribution < -0.4 is 15.2 Å². The lowest BCUT2D eigenvalue weighted by Crippen LogP contribution is -2.26. The maximum atomic E-state index is 12.6. The van der Waals surface area contributed by atoms with Gasteiger partial charge in [-0.25, -0.2) is 4.79 Å². The summed E-state index contributed by atoms with van der Waals surface area (Å²) in [6, 6.07) is 5.58. The first-order valence-corrected chi connectivity index (χ1v) is 8.07. The van der Waals surface area contributed by atoms with Crippen molar-refractivity contribution in [1.82, 2.24) is 0 Å². The topological polar surface area (TPSA) is 104 Å². The van der Waals surface area contributed by atoms with E-state index >= 15 is 0 Å². The predicted octanol–water partition coefficient (Wildman–Crippen LogP) is 2.66. The SMILES string of the molecule is CCOC(=O)C1=C(C)OC(N)=C(C#N)C1c1cc(OC)c(OC)cc1C. The van der Waals surface area contributed by atoms with Gasteiger partial charge in [-0.1, -0.05) is 0 Å². The van der Waals surface area contributed by atoms with Crippen molar-refractivity contribution < 1.29 is 23.7 Å². The van der Waals surface area contributed by atoms with Gasteiger partial charge in [0.1, 0.15) is 17.4 Å². The molecule has 0 bridgehead atoms. The Morgan fingerprint density at radius 1 is 1.27 bits per heavy atom. The van der Waals surface area contributed by atoms with Crippen LogP contribution in [-0.2, 0) is 14.3 Å². The van der Waals surface area contributed by atoms with Crippen molar-refractivity contribution in [2.75, 3.05) is 20.8 Å². The van der Waals surface area contributed by atoms with Gasteiger partial charge >= 0.3 is 5.97 Å². The summed E-state index contributed by atoms with van der Waals surface area (Å²) in [6.07, 6.45) is 0. The summed E-state index contributed by atoms with van der Waals surface area (Å²) < 4.78 is 21.3. The van der Waals surface area contributed by atoms with Crippen LogP contribution in [0.2, 0.25) is 0 Å². The average molecular weight is 358 g/mol. The molecule has 0 spiro atoms. The normalized spacial score (nSPS) is 16.7. The van der Waals surface area contributed by atoms with Gasteiger partial charge in [0, 0.05) is 0 Å². The number of carbonyl (C=O) groups excluding carboxylic acids is 1. The Balaban J connectivity index is 2.73. The molecule has 1 aromatic carbocycles. The van der Waals surface area contributed by atoms with Crippen molar-refractivity contribution in [2.24, 2.45) is 5.73 Å². The van der Waals surface area contributed by atoms with Gasteiger partial charge in [0.2, 0.25) is 5.88 Å². The second-order valence-corrected chi connectivity index (χ2v) is 5.68. The zero-order chi connectivity index (χ0) is 19.4. The second kappa shape index (κ2) is 7.83. The number of nitriles is 1. The highest BCUT2D eigenvalue weighted by Crippen LogP contribution is 2.43. The molecule has 1 heterocycles. The molecule has 0 aliphatic carbocycles. The van der Waals surface area contributed by atoms with E-state index in [0.717, 1.165) is 5.56 Å². The number of allylic oxidation sites excluding steroid dienone is 2. The molecule has 1 atom stereocenters. The lowest BCUT2D eigenvalue weighted by atomic mass is 9.81. The van der Waals surface area contributed by atoms with E-state index in [1.165, 1.54) is 14.2 Å². The lowest BCUT2D eigenvalue weighted by Gasteiger charge is -2.28. The minimum Gasteiger partial charge on any atom is -0.493 e. The second-order valence-electron chi connectivity index (χ2n) is 5.68. The number of methoxy groups -OCH3 is 2. The van der Waals surface area contributed by atoms with Crippen molar-refractivity contribution in [2.45, 2.75) is 26.7 Å². The summed E-state index contributed by atoms with van der Waals surface area (Å²) in [5.74, 6) is 0.0411. The highest BCUT2D eigenvalue weighted by Gasteiger charge is 2.37. The van der Waals surface area contributed by atoms with E-state index in [4.69, 9.17) is 24.7 Å². The van der Waals surface area contributed by atoms with Gasteiger partial charge in [0.25, 0.3) is 0 Å². The summed E-state index contributed by atoms with van der Waals surface area (Å²) in [5, 5.41) is 9.63. The molecule has 7 nitrogen and oxygen atoms in total. The van der Waals surface area contributed by atoms with Crippen LogP contribution in [0.1, 0.15) is 30.9 Å². The molecular weight excluding hydrogens is 336 g/mol. The number of benzene rings is 1. The summed E-state index contributed by atoms with van der Waals surface area (Å²) >= 11 is 0. The Hall–Kier alpha value is -3.14. The fraction of sp³-hybridized carbons (Fsp3) is 0.368. The van der Waals surface area contributed by atoms with Crippen molar-refractivity contribution in [3.63, 3.8) is 0 Å². The van der Waals surface area contributed by atoms with E-state index in [1.54, 1.807) is 26.0 Å². The number of esters is 1. The van der Waals surface area contributed by atoms with Crippen LogP contribution in [0, 0.1) is 18.3 Å². The predicted molar refractivity (Wildman–Crippen MR) is 94.3 cm³/mol. The number of aryl methyl sites for hydroxylation is 1. The molecule has 1 unspecified atom stereocenters. The first kappa shape index (κ1) is 19.2. The Labute approximate surface area is 152 Å². The van der Waals surface area contributed by atoms with E-state index < -0.39 is 11.9 Å². The number of nitrogens with two attached hydrogens (primary N) is 1. The minimum atomic E-state index is -0.715. The molecule has 0 fully saturated rings. The number of rotatable bonds is 5. The molecule has 0 amide bonds. The van der Waals surface area contributed by atoms with Gasteiger partial charge in [0.15, 0.2) is 11.5 Å². The van der Waals surface area contributed by atoms with Crippen LogP contribution in [0.4, 0.5) is 0 Å². The van der Waals surface area contributed by atoms with Crippen LogP contribution in [-0.4, -0.2) is 26.8 Å². The van der Waals surface area contributed by atoms with Gasteiger partial charge in [-0.05, 0) is 44.0 Å². The molecule has 7 heteroatoms. The van der Waals surface area contributed by atoms with Crippen LogP contribution in [0.3, 0.4) is 0 Å². The van der Waals surface area contributed by atoms with Gasteiger partial charge < -0.3 is 24.7 Å². The smallest absolute Gasteiger partial charge is 0.338 e. The van der Waals surface area contributed by atoms with Crippen molar-refractivity contribution in [3.05, 3.63) is 46.0 Å². The van der Waals surface area contributed by atoms with Gasteiger partial charge in [-0.15, -0.1) is 0 Å². The average Bonchev–Trinajstić information content (AvgIpc) is 2.61. The molecule has 1 aliphatic rings. The van der Waals surface area contributed by atoms with Gasteiger partial charge in [0.05, 0.1) is 32.3 Å². The van der Waals surface area contributed by atoms with E-state index in [-0.39, 0.29) is 23.6 Å². The van der Waals surface area contributed by atoms with Crippen molar-refractivity contribution in [3.8, 4) is 17.6 Å². The fourth-order valence-corrected chi connectivity index (χ4v) is 2.97. The van der Waals surface area contributed by atoms with Crippen LogP contribution in [0.15, 0.2) is 34.9 Å². The first-order valence-electron chi connectivity index (χ1n) is 8.07. The largest absolute Gasteiger partial charge is 0.493 e. The van der Waals surface area contributed by atoms with E-state index in [9.17, 15) is 10.1 Å². The quantitative estimate of drug-likeness (QED) is 0.807. The van der Waals surface area contributed by atoms with Gasteiger partial charge in [-0.3, -0.25) is 0 Å². The third kappa shape index (κ3) is 3.31.